The van der Waals surface area contributed by atoms with Crippen molar-refractivity contribution in [2.75, 3.05) is 6.61 Å². The lowest BCUT2D eigenvalue weighted by molar-refractivity contribution is 0.0524. The lowest BCUT2D eigenvalue weighted by Gasteiger charge is -2.09. The Morgan fingerprint density at radius 3 is 2.52 bits per heavy atom. The fourth-order valence-electron chi connectivity index (χ4n) is 3.48. The molecule has 0 saturated carbocycles. The van der Waals surface area contributed by atoms with Crippen LogP contribution in [0.2, 0.25) is 0 Å². The second-order valence-electron chi connectivity index (χ2n) is 7.00. The third-order valence-corrected chi connectivity index (χ3v) is 4.99. The number of nitrogens with zero attached hydrogens (tertiary/aromatic N) is 3. The number of ether oxygens (including phenoxy) is 1. The molecule has 3 rings (SSSR count). The quantitative estimate of drug-likeness (QED) is 0.359. The van der Waals surface area contributed by atoms with E-state index in [1.165, 1.54) is 4.68 Å². The van der Waals surface area contributed by atoms with Gasteiger partial charge >= 0.3 is 5.97 Å². The van der Waals surface area contributed by atoms with Crippen LogP contribution in [0.5, 0.6) is 0 Å². The Kier molecular flexibility index (Phi) is 6.33. The van der Waals surface area contributed by atoms with Crippen molar-refractivity contribution in [2.24, 2.45) is 5.10 Å². The highest BCUT2D eigenvalue weighted by atomic mass is 16.5. The predicted molar refractivity (Wildman–Crippen MR) is 118 cm³/mol. The van der Waals surface area contributed by atoms with Gasteiger partial charge in [0, 0.05) is 17.6 Å². The molecule has 0 spiro atoms. The van der Waals surface area contributed by atoms with Gasteiger partial charge < -0.3 is 9.72 Å². The van der Waals surface area contributed by atoms with Crippen LogP contribution in [0, 0.1) is 13.8 Å². The first-order valence-corrected chi connectivity index (χ1v) is 10.0. The van der Waals surface area contributed by atoms with Crippen molar-refractivity contribution in [3.63, 3.8) is 0 Å². The van der Waals surface area contributed by atoms with Gasteiger partial charge in [0.1, 0.15) is 0 Å². The third-order valence-electron chi connectivity index (χ3n) is 4.99. The SMILES string of the molecule is CCOC(=O)c1c(C)[nH]c(/C(C)=N/NC(=O)c2nn(CC)c(=O)c3ccccc23)c1C. The van der Waals surface area contributed by atoms with Crippen LogP contribution in [0.3, 0.4) is 0 Å². The Balaban J connectivity index is 1.94. The van der Waals surface area contributed by atoms with Crippen LogP contribution < -0.4 is 11.0 Å². The Labute approximate surface area is 179 Å². The van der Waals surface area contributed by atoms with Crippen LogP contribution in [-0.2, 0) is 11.3 Å². The van der Waals surface area contributed by atoms with E-state index in [1.807, 2.05) is 0 Å². The van der Waals surface area contributed by atoms with Gasteiger partial charge in [0.05, 0.1) is 29.0 Å². The second-order valence-corrected chi connectivity index (χ2v) is 7.00. The monoisotopic (exact) mass is 423 g/mol. The van der Waals surface area contributed by atoms with Gasteiger partial charge in [-0.25, -0.2) is 14.9 Å². The number of aryl methyl sites for hydroxylation is 2. The smallest absolute Gasteiger partial charge is 0.340 e. The van der Waals surface area contributed by atoms with E-state index in [9.17, 15) is 14.4 Å². The van der Waals surface area contributed by atoms with Gasteiger partial charge in [-0.2, -0.15) is 10.2 Å². The Morgan fingerprint density at radius 2 is 1.87 bits per heavy atom. The molecule has 1 amide bonds. The van der Waals surface area contributed by atoms with E-state index in [0.29, 0.717) is 45.5 Å². The summed E-state index contributed by atoms with van der Waals surface area (Å²) in [4.78, 5) is 40.6. The average molecular weight is 423 g/mol. The molecule has 0 aliphatic rings. The van der Waals surface area contributed by atoms with Crippen molar-refractivity contribution >= 4 is 28.4 Å². The van der Waals surface area contributed by atoms with Crippen molar-refractivity contribution in [1.29, 1.82) is 0 Å². The highest BCUT2D eigenvalue weighted by Gasteiger charge is 2.21. The number of aromatic amines is 1. The molecule has 0 aliphatic carbocycles. The van der Waals surface area contributed by atoms with Crippen LogP contribution in [0.25, 0.3) is 10.8 Å². The molecule has 0 radical (unpaired) electrons. The van der Waals surface area contributed by atoms with Crippen LogP contribution in [0.1, 0.15) is 58.6 Å². The van der Waals surface area contributed by atoms with E-state index in [2.05, 4.69) is 20.6 Å². The van der Waals surface area contributed by atoms with Crippen LogP contribution >= 0.6 is 0 Å². The highest BCUT2D eigenvalue weighted by Crippen LogP contribution is 2.20. The summed E-state index contributed by atoms with van der Waals surface area (Å²) >= 11 is 0. The van der Waals surface area contributed by atoms with Crippen LogP contribution in [0.4, 0.5) is 0 Å². The van der Waals surface area contributed by atoms with Crippen molar-refractivity contribution in [3.05, 3.63) is 62.8 Å². The van der Waals surface area contributed by atoms with E-state index in [-0.39, 0.29) is 17.9 Å². The normalized spacial score (nSPS) is 11.6. The lowest BCUT2D eigenvalue weighted by atomic mass is 10.1. The Bertz CT molecular complexity index is 1250. The fourth-order valence-corrected chi connectivity index (χ4v) is 3.48. The number of amides is 1. The van der Waals surface area contributed by atoms with E-state index >= 15 is 0 Å². The molecule has 2 N–H and O–H groups in total. The first-order chi connectivity index (χ1) is 14.8. The zero-order chi connectivity index (χ0) is 22.7. The minimum atomic E-state index is -0.538. The molecule has 3 aromatic rings. The molecule has 1 aromatic carbocycles. The standard InChI is InChI=1S/C22H25N5O4/c1-6-27-21(29)16-11-9-8-10-15(16)19(26-27)20(28)25-24-14(5)18-12(3)17(13(4)23-18)22(30)31-7-2/h8-11,23H,6-7H2,1-5H3,(H,25,28)/b24-14+. The summed E-state index contributed by atoms with van der Waals surface area (Å²) in [5.41, 5.74) is 5.28. The molecule has 0 atom stereocenters. The van der Waals surface area contributed by atoms with Gasteiger partial charge in [0.15, 0.2) is 5.69 Å². The predicted octanol–water partition coefficient (Wildman–Crippen LogP) is 2.69. The minimum absolute atomic E-state index is 0.111. The lowest BCUT2D eigenvalue weighted by Crippen LogP contribution is -2.29. The summed E-state index contributed by atoms with van der Waals surface area (Å²) in [6.07, 6.45) is 0. The van der Waals surface area contributed by atoms with Crippen molar-refractivity contribution in [1.82, 2.24) is 20.2 Å². The van der Waals surface area contributed by atoms with E-state index < -0.39 is 11.9 Å². The number of carbonyl (C=O) groups is 2. The number of aromatic nitrogens is 3. The van der Waals surface area contributed by atoms with Crippen molar-refractivity contribution < 1.29 is 14.3 Å². The first-order valence-electron chi connectivity index (χ1n) is 10.0. The summed E-state index contributed by atoms with van der Waals surface area (Å²) in [5, 5.41) is 9.26. The third kappa shape index (κ3) is 4.11. The van der Waals surface area contributed by atoms with Gasteiger partial charge in [-0.05, 0) is 46.2 Å². The summed E-state index contributed by atoms with van der Waals surface area (Å²) < 4.78 is 6.35. The number of fused-ring (bicyclic) bond motifs is 1. The first kappa shape index (κ1) is 21.9. The Morgan fingerprint density at radius 1 is 1.19 bits per heavy atom. The van der Waals surface area contributed by atoms with E-state index in [1.54, 1.807) is 58.9 Å². The van der Waals surface area contributed by atoms with E-state index in [0.717, 1.165) is 0 Å². The average Bonchev–Trinajstić information content (AvgIpc) is 3.06. The number of hydrazone groups is 1. The van der Waals surface area contributed by atoms with Gasteiger partial charge in [-0.1, -0.05) is 18.2 Å². The molecule has 2 aromatic heterocycles. The molecule has 0 aliphatic heterocycles. The number of H-pyrrole nitrogens is 1. The minimum Gasteiger partial charge on any atom is -0.462 e. The van der Waals surface area contributed by atoms with Crippen LogP contribution in [-0.4, -0.2) is 39.0 Å². The number of esters is 1. The molecule has 9 heteroatoms. The van der Waals surface area contributed by atoms with Gasteiger partial charge in [0.2, 0.25) is 0 Å². The van der Waals surface area contributed by atoms with Crippen molar-refractivity contribution in [2.45, 2.75) is 41.2 Å². The molecule has 9 nitrogen and oxygen atoms in total. The van der Waals surface area contributed by atoms with E-state index in [4.69, 9.17) is 4.74 Å². The maximum atomic E-state index is 12.8. The molecule has 0 unspecified atom stereocenters. The summed E-state index contributed by atoms with van der Waals surface area (Å²) in [5.74, 6) is -0.946. The Hall–Kier alpha value is -3.75. The number of hydrogen-bond acceptors (Lipinski definition) is 6. The second kappa shape index (κ2) is 8.95. The van der Waals surface area contributed by atoms with Gasteiger partial charge in [0.25, 0.3) is 11.5 Å². The maximum Gasteiger partial charge on any atom is 0.340 e. The number of benzene rings is 1. The van der Waals surface area contributed by atoms with Crippen molar-refractivity contribution in [3.8, 4) is 0 Å². The molecule has 0 bridgehead atoms. The molecule has 0 fully saturated rings. The van der Waals surface area contributed by atoms with Gasteiger partial charge in [-0.15, -0.1) is 0 Å². The molecular weight excluding hydrogens is 398 g/mol. The molecule has 162 valence electrons. The number of rotatable bonds is 6. The largest absolute Gasteiger partial charge is 0.462 e. The number of nitrogens with one attached hydrogen (secondary N) is 2. The molecule has 0 saturated heterocycles. The molecular formula is C22H25N5O4. The topological polar surface area (TPSA) is 118 Å². The maximum absolute atomic E-state index is 12.8. The number of carbonyl (C=O) groups excluding carboxylic acids is 2. The fraction of sp³-hybridized carbons (Fsp3) is 0.318. The highest BCUT2D eigenvalue weighted by molar-refractivity contribution is 6.06. The van der Waals surface area contributed by atoms with Crippen LogP contribution in [0.15, 0.2) is 34.2 Å². The molecule has 2 heterocycles. The summed E-state index contributed by atoms with van der Waals surface area (Å²) in [6, 6.07) is 6.83. The number of hydrogen-bond donors (Lipinski definition) is 2. The summed E-state index contributed by atoms with van der Waals surface area (Å²) in [6.45, 7) is 9.43. The zero-order valence-electron chi connectivity index (χ0n) is 18.2. The molecule has 31 heavy (non-hydrogen) atoms. The summed E-state index contributed by atoms with van der Waals surface area (Å²) in [7, 11) is 0. The zero-order valence-corrected chi connectivity index (χ0v) is 18.2. The van der Waals surface area contributed by atoms with Gasteiger partial charge in [-0.3, -0.25) is 9.59 Å².